The van der Waals surface area contributed by atoms with Crippen LogP contribution in [0.15, 0.2) is 30.3 Å². The van der Waals surface area contributed by atoms with Gasteiger partial charge in [0, 0.05) is 19.7 Å². The van der Waals surface area contributed by atoms with Gasteiger partial charge in [0.2, 0.25) is 0 Å². The SMILES string of the molecule is CCCN(CC1CCCCN1)C(COC)c1ccccc1. The highest BCUT2D eigenvalue weighted by atomic mass is 16.5. The molecular formula is C18H30N2O. The number of piperidine rings is 1. The molecule has 2 atom stereocenters. The van der Waals surface area contributed by atoms with Crippen LogP contribution in [0, 0.1) is 0 Å². The summed E-state index contributed by atoms with van der Waals surface area (Å²) in [6, 6.07) is 11.8. The van der Waals surface area contributed by atoms with E-state index in [9.17, 15) is 0 Å². The number of nitrogens with zero attached hydrogens (tertiary/aromatic N) is 1. The highest BCUT2D eigenvalue weighted by Gasteiger charge is 2.23. The highest BCUT2D eigenvalue weighted by Crippen LogP contribution is 2.23. The van der Waals surface area contributed by atoms with Crippen molar-refractivity contribution in [2.75, 3.05) is 33.4 Å². The van der Waals surface area contributed by atoms with E-state index < -0.39 is 0 Å². The number of hydrogen-bond donors (Lipinski definition) is 1. The third-order valence-electron chi connectivity index (χ3n) is 4.33. The van der Waals surface area contributed by atoms with Crippen molar-refractivity contribution >= 4 is 0 Å². The summed E-state index contributed by atoms with van der Waals surface area (Å²) >= 11 is 0. The van der Waals surface area contributed by atoms with Crippen LogP contribution < -0.4 is 5.32 Å². The molecule has 2 unspecified atom stereocenters. The van der Waals surface area contributed by atoms with Gasteiger partial charge in [-0.25, -0.2) is 0 Å². The molecular weight excluding hydrogens is 260 g/mol. The lowest BCUT2D eigenvalue weighted by Crippen LogP contribution is -2.45. The Morgan fingerprint density at radius 3 is 2.71 bits per heavy atom. The first-order valence-corrected chi connectivity index (χ1v) is 8.36. The predicted octanol–water partition coefficient (Wildman–Crippen LogP) is 3.23. The fraction of sp³-hybridized carbons (Fsp3) is 0.667. The van der Waals surface area contributed by atoms with Crippen LogP contribution in [0.1, 0.15) is 44.2 Å². The Labute approximate surface area is 129 Å². The largest absolute Gasteiger partial charge is 0.383 e. The van der Waals surface area contributed by atoms with Crippen molar-refractivity contribution < 1.29 is 4.74 Å². The summed E-state index contributed by atoms with van der Waals surface area (Å²) in [7, 11) is 1.80. The average molecular weight is 290 g/mol. The van der Waals surface area contributed by atoms with E-state index in [1.165, 1.54) is 37.8 Å². The monoisotopic (exact) mass is 290 g/mol. The Hall–Kier alpha value is -0.900. The zero-order chi connectivity index (χ0) is 14.9. The molecule has 1 aliphatic rings. The van der Waals surface area contributed by atoms with Crippen LogP contribution in [-0.4, -0.2) is 44.3 Å². The lowest BCUT2D eigenvalue weighted by Gasteiger charge is -2.36. The number of rotatable bonds is 8. The van der Waals surface area contributed by atoms with Crippen LogP contribution in [0.25, 0.3) is 0 Å². The van der Waals surface area contributed by atoms with Crippen molar-refractivity contribution in [1.29, 1.82) is 0 Å². The Morgan fingerprint density at radius 1 is 1.29 bits per heavy atom. The average Bonchev–Trinajstić information content (AvgIpc) is 2.54. The molecule has 21 heavy (non-hydrogen) atoms. The van der Waals surface area contributed by atoms with E-state index in [1.54, 1.807) is 7.11 Å². The summed E-state index contributed by atoms with van der Waals surface area (Å²) in [5.41, 5.74) is 1.36. The first kappa shape index (κ1) is 16.5. The van der Waals surface area contributed by atoms with Gasteiger partial charge in [-0.2, -0.15) is 0 Å². The topological polar surface area (TPSA) is 24.5 Å². The van der Waals surface area contributed by atoms with Gasteiger partial charge in [0.15, 0.2) is 0 Å². The Bertz CT molecular complexity index is 376. The van der Waals surface area contributed by atoms with Gasteiger partial charge in [-0.05, 0) is 37.9 Å². The Morgan fingerprint density at radius 2 is 2.10 bits per heavy atom. The maximum atomic E-state index is 5.51. The van der Waals surface area contributed by atoms with E-state index in [1.807, 2.05) is 0 Å². The Balaban J connectivity index is 2.07. The number of methoxy groups -OCH3 is 1. The van der Waals surface area contributed by atoms with E-state index in [0.717, 1.165) is 19.7 Å². The molecule has 3 heteroatoms. The highest BCUT2D eigenvalue weighted by molar-refractivity contribution is 5.19. The summed E-state index contributed by atoms with van der Waals surface area (Å²) in [6.07, 6.45) is 5.16. The minimum atomic E-state index is 0.361. The van der Waals surface area contributed by atoms with E-state index in [4.69, 9.17) is 4.74 Å². The molecule has 1 fully saturated rings. The predicted molar refractivity (Wildman–Crippen MR) is 88.6 cm³/mol. The van der Waals surface area contributed by atoms with Crippen molar-refractivity contribution in [2.45, 2.75) is 44.7 Å². The summed E-state index contributed by atoms with van der Waals surface area (Å²) in [5, 5.41) is 3.67. The smallest absolute Gasteiger partial charge is 0.0659 e. The third-order valence-corrected chi connectivity index (χ3v) is 4.33. The summed E-state index contributed by atoms with van der Waals surface area (Å²) < 4.78 is 5.51. The van der Waals surface area contributed by atoms with Crippen LogP contribution >= 0.6 is 0 Å². The number of ether oxygens (including phenoxy) is 1. The summed E-state index contributed by atoms with van der Waals surface area (Å²) in [6.45, 7) is 6.44. The zero-order valence-corrected chi connectivity index (χ0v) is 13.6. The van der Waals surface area contributed by atoms with E-state index in [2.05, 4.69) is 47.5 Å². The van der Waals surface area contributed by atoms with Gasteiger partial charge >= 0.3 is 0 Å². The molecule has 0 aliphatic carbocycles. The normalized spacial score (nSPS) is 20.6. The van der Waals surface area contributed by atoms with Gasteiger partial charge in [-0.15, -0.1) is 0 Å². The van der Waals surface area contributed by atoms with E-state index in [0.29, 0.717) is 12.1 Å². The lowest BCUT2D eigenvalue weighted by atomic mass is 10.0. The maximum Gasteiger partial charge on any atom is 0.0659 e. The van der Waals surface area contributed by atoms with Crippen LogP contribution in [0.5, 0.6) is 0 Å². The molecule has 0 radical (unpaired) electrons. The standard InChI is InChI=1S/C18H30N2O/c1-3-13-20(14-17-11-7-8-12-19-17)18(15-21-2)16-9-5-4-6-10-16/h4-6,9-10,17-19H,3,7-8,11-15H2,1-2H3. The van der Waals surface area contributed by atoms with Crippen molar-refractivity contribution in [3.63, 3.8) is 0 Å². The van der Waals surface area contributed by atoms with Crippen molar-refractivity contribution in [3.8, 4) is 0 Å². The third kappa shape index (κ3) is 5.10. The first-order chi connectivity index (χ1) is 10.3. The maximum absolute atomic E-state index is 5.51. The number of hydrogen-bond acceptors (Lipinski definition) is 3. The minimum absolute atomic E-state index is 0.361. The van der Waals surface area contributed by atoms with Crippen molar-refractivity contribution in [2.24, 2.45) is 0 Å². The minimum Gasteiger partial charge on any atom is -0.383 e. The number of nitrogens with one attached hydrogen (secondary N) is 1. The second kappa shape index (κ2) is 9.19. The summed E-state index contributed by atoms with van der Waals surface area (Å²) in [4.78, 5) is 2.60. The van der Waals surface area contributed by atoms with Crippen LogP contribution in [0.3, 0.4) is 0 Å². The van der Waals surface area contributed by atoms with Crippen molar-refractivity contribution in [1.82, 2.24) is 10.2 Å². The number of benzene rings is 1. The van der Waals surface area contributed by atoms with E-state index in [-0.39, 0.29) is 0 Å². The molecule has 1 aliphatic heterocycles. The van der Waals surface area contributed by atoms with Gasteiger partial charge in [0.25, 0.3) is 0 Å². The quantitative estimate of drug-likeness (QED) is 0.795. The molecule has 1 heterocycles. The molecule has 118 valence electrons. The first-order valence-electron chi connectivity index (χ1n) is 8.36. The van der Waals surface area contributed by atoms with Gasteiger partial charge < -0.3 is 10.1 Å². The summed E-state index contributed by atoms with van der Waals surface area (Å²) in [5.74, 6) is 0. The zero-order valence-electron chi connectivity index (χ0n) is 13.6. The van der Waals surface area contributed by atoms with Crippen LogP contribution in [-0.2, 0) is 4.74 Å². The molecule has 0 bridgehead atoms. The fourth-order valence-corrected chi connectivity index (χ4v) is 3.27. The van der Waals surface area contributed by atoms with Crippen LogP contribution in [0.4, 0.5) is 0 Å². The van der Waals surface area contributed by atoms with Gasteiger partial charge in [-0.3, -0.25) is 4.90 Å². The molecule has 2 rings (SSSR count). The molecule has 0 saturated carbocycles. The van der Waals surface area contributed by atoms with Gasteiger partial charge in [0.1, 0.15) is 0 Å². The molecule has 1 aromatic rings. The van der Waals surface area contributed by atoms with Gasteiger partial charge in [0.05, 0.1) is 12.6 Å². The van der Waals surface area contributed by atoms with E-state index >= 15 is 0 Å². The molecule has 0 amide bonds. The molecule has 0 aromatic heterocycles. The second-order valence-electron chi connectivity index (χ2n) is 6.02. The second-order valence-corrected chi connectivity index (χ2v) is 6.02. The lowest BCUT2D eigenvalue weighted by molar-refractivity contribution is 0.0797. The van der Waals surface area contributed by atoms with Gasteiger partial charge in [-0.1, -0.05) is 43.7 Å². The van der Waals surface area contributed by atoms with Crippen LogP contribution in [0.2, 0.25) is 0 Å². The molecule has 1 saturated heterocycles. The Kier molecular flexibility index (Phi) is 7.20. The molecule has 3 nitrogen and oxygen atoms in total. The molecule has 1 aromatic carbocycles. The molecule has 1 N–H and O–H groups in total. The van der Waals surface area contributed by atoms with Crippen molar-refractivity contribution in [3.05, 3.63) is 35.9 Å². The fourth-order valence-electron chi connectivity index (χ4n) is 3.27. The molecule has 0 spiro atoms.